The van der Waals surface area contributed by atoms with E-state index in [0.717, 1.165) is 11.1 Å². The molecule has 0 aliphatic carbocycles. The summed E-state index contributed by atoms with van der Waals surface area (Å²) in [6.45, 7) is 2.00. The van der Waals surface area contributed by atoms with Gasteiger partial charge in [0.2, 0.25) is 10.0 Å². The fraction of sp³-hybridized carbons (Fsp3) is 0.143. The average Bonchev–Trinajstić information content (AvgIpc) is 2.39. The van der Waals surface area contributed by atoms with Crippen LogP contribution < -0.4 is 10.0 Å². The summed E-state index contributed by atoms with van der Waals surface area (Å²) in [6, 6.07) is 14.7. The van der Waals surface area contributed by atoms with Gasteiger partial charge in [-0.25, -0.2) is 8.42 Å². The molecule has 0 saturated heterocycles. The van der Waals surface area contributed by atoms with Crippen molar-refractivity contribution in [3.8, 4) is 0 Å². The monoisotopic (exact) mass is 274 g/mol. The number of anilines is 1. The summed E-state index contributed by atoms with van der Waals surface area (Å²) >= 11 is 0. The molecule has 0 aromatic heterocycles. The molecule has 2 N–H and O–H groups in total. The van der Waals surface area contributed by atoms with E-state index in [9.17, 15) is 8.42 Å². The molecule has 0 spiro atoms. The lowest BCUT2D eigenvalue weighted by atomic mass is 10.1. The lowest BCUT2D eigenvalue weighted by molar-refractivity contribution is 0.562. The summed E-state index contributed by atoms with van der Waals surface area (Å²) in [7, 11) is -3.46. The molecule has 1 heterocycles. The Morgan fingerprint density at radius 2 is 1.68 bits per heavy atom. The minimum absolute atomic E-state index is 0.290. The topological polar surface area (TPSA) is 58.2 Å². The summed E-state index contributed by atoms with van der Waals surface area (Å²) in [5.74, 6) is 0. The first kappa shape index (κ1) is 12.2. The molecule has 3 rings (SSSR count). The largest absolute Gasteiger partial charge is 0.364 e. The SMILES string of the molecule is Cc1ccc([C@H]2Nc3ccccc3S(=O)(=O)N2)cc1. The van der Waals surface area contributed by atoms with Crippen LogP contribution in [0.25, 0.3) is 0 Å². The molecule has 4 nitrogen and oxygen atoms in total. The molecule has 0 unspecified atom stereocenters. The molecule has 1 aliphatic rings. The van der Waals surface area contributed by atoms with Crippen LogP contribution in [0, 0.1) is 6.92 Å². The van der Waals surface area contributed by atoms with E-state index in [0.29, 0.717) is 10.6 Å². The Labute approximate surface area is 112 Å². The molecule has 0 saturated carbocycles. The molecule has 1 aliphatic heterocycles. The quantitative estimate of drug-likeness (QED) is 0.839. The molecule has 19 heavy (non-hydrogen) atoms. The van der Waals surface area contributed by atoms with Crippen molar-refractivity contribution in [2.24, 2.45) is 0 Å². The highest BCUT2D eigenvalue weighted by Crippen LogP contribution is 2.30. The highest BCUT2D eigenvalue weighted by molar-refractivity contribution is 7.89. The minimum Gasteiger partial charge on any atom is -0.364 e. The number of fused-ring (bicyclic) bond motifs is 1. The molecule has 5 heteroatoms. The van der Waals surface area contributed by atoms with Crippen molar-refractivity contribution in [1.29, 1.82) is 0 Å². The van der Waals surface area contributed by atoms with Gasteiger partial charge in [-0.3, -0.25) is 0 Å². The van der Waals surface area contributed by atoms with Crippen molar-refractivity contribution in [1.82, 2.24) is 4.72 Å². The van der Waals surface area contributed by atoms with Gasteiger partial charge in [0.15, 0.2) is 0 Å². The molecular formula is C14H14N2O2S. The Morgan fingerprint density at radius 1 is 1.00 bits per heavy atom. The van der Waals surface area contributed by atoms with E-state index in [-0.39, 0.29) is 0 Å². The van der Waals surface area contributed by atoms with Crippen LogP contribution in [0.5, 0.6) is 0 Å². The van der Waals surface area contributed by atoms with Crippen LogP contribution in [0.1, 0.15) is 17.3 Å². The van der Waals surface area contributed by atoms with Crippen LogP contribution in [0.3, 0.4) is 0 Å². The fourth-order valence-corrected chi connectivity index (χ4v) is 3.44. The maximum Gasteiger partial charge on any atom is 0.244 e. The number of aryl methyl sites for hydroxylation is 1. The summed E-state index contributed by atoms with van der Waals surface area (Å²) in [5, 5.41) is 3.20. The molecule has 1 atom stereocenters. The van der Waals surface area contributed by atoms with Crippen LogP contribution >= 0.6 is 0 Å². The number of hydrogen-bond donors (Lipinski definition) is 2. The van der Waals surface area contributed by atoms with Crippen molar-refractivity contribution in [3.05, 3.63) is 59.7 Å². The number of sulfonamides is 1. The second-order valence-corrected chi connectivity index (χ2v) is 6.29. The van der Waals surface area contributed by atoms with Gasteiger partial charge in [0.25, 0.3) is 0 Å². The molecule has 0 amide bonds. The Balaban J connectivity index is 2.03. The Kier molecular flexibility index (Phi) is 2.80. The highest BCUT2D eigenvalue weighted by Gasteiger charge is 2.29. The van der Waals surface area contributed by atoms with Crippen molar-refractivity contribution in [2.75, 3.05) is 5.32 Å². The number of nitrogens with one attached hydrogen (secondary N) is 2. The average molecular weight is 274 g/mol. The number of para-hydroxylation sites is 1. The van der Waals surface area contributed by atoms with Gasteiger partial charge in [-0.15, -0.1) is 0 Å². The van der Waals surface area contributed by atoms with E-state index >= 15 is 0 Å². The summed E-state index contributed by atoms with van der Waals surface area (Å²) in [5.41, 5.74) is 2.67. The molecule has 0 bridgehead atoms. The predicted molar refractivity (Wildman–Crippen MR) is 74.3 cm³/mol. The van der Waals surface area contributed by atoms with Gasteiger partial charge in [0.1, 0.15) is 11.1 Å². The second kappa shape index (κ2) is 4.36. The van der Waals surface area contributed by atoms with Crippen LogP contribution in [-0.4, -0.2) is 8.42 Å². The van der Waals surface area contributed by atoms with Crippen LogP contribution in [-0.2, 0) is 10.0 Å². The highest BCUT2D eigenvalue weighted by atomic mass is 32.2. The van der Waals surface area contributed by atoms with Gasteiger partial charge in [-0.05, 0) is 24.6 Å². The third-order valence-electron chi connectivity index (χ3n) is 3.16. The smallest absolute Gasteiger partial charge is 0.244 e. The van der Waals surface area contributed by atoms with Crippen molar-refractivity contribution in [3.63, 3.8) is 0 Å². The van der Waals surface area contributed by atoms with Gasteiger partial charge in [-0.2, -0.15) is 4.72 Å². The minimum atomic E-state index is -3.46. The lowest BCUT2D eigenvalue weighted by Crippen LogP contribution is -2.38. The Morgan fingerprint density at radius 3 is 2.42 bits per heavy atom. The van der Waals surface area contributed by atoms with Crippen molar-refractivity contribution in [2.45, 2.75) is 18.0 Å². The Bertz CT molecular complexity index is 708. The molecular weight excluding hydrogens is 260 g/mol. The van der Waals surface area contributed by atoms with E-state index in [2.05, 4.69) is 10.0 Å². The van der Waals surface area contributed by atoms with Gasteiger partial charge >= 0.3 is 0 Å². The first-order valence-corrected chi connectivity index (χ1v) is 7.49. The zero-order chi connectivity index (χ0) is 13.5. The third kappa shape index (κ3) is 2.22. The summed E-state index contributed by atoms with van der Waals surface area (Å²) in [6.07, 6.45) is -0.430. The molecule has 2 aromatic carbocycles. The van der Waals surface area contributed by atoms with Crippen molar-refractivity contribution >= 4 is 15.7 Å². The third-order valence-corrected chi connectivity index (χ3v) is 4.64. The normalized spacial score (nSPS) is 20.4. The van der Waals surface area contributed by atoms with E-state index in [1.54, 1.807) is 18.2 Å². The van der Waals surface area contributed by atoms with Crippen LogP contribution in [0.2, 0.25) is 0 Å². The number of benzene rings is 2. The van der Waals surface area contributed by atoms with E-state index < -0.39 is 16.2 Å². The molecule has 98 valence electrons. The molecule has 2 aromatic rings. The Hall–Kier alpha value is -1.85. The lowest BCUT2D eigenvalue weighted by Gasteiger charge is -2.28. The van der Waals surface area contributed by atoms with Crippen molar-refractivity contribution < 1.29 is 8.42 Å². The molecule has 0 radical (unpaired) electrons. The van der Waals surface area contributed by atoms with Gasteiger partial charge < -0.3 is 5.32 Å². The van der Waals surface area contributed by atoms with Gasteiger partial charge in [0, 0.05) is 0 Å². The summed E-state index contributed by atoms with van der Waals surface area (Å²) < 4.78 is 27.0. The maximum atomic E-state index is 12.2. The van der Waals surface area contributed by atoms with E-state index in [1.807, 2.05) is 37.3 Å². The zero-order valence-electron chi connectivity index (χ0n) is 10.4. The van der Waals surface area contributed by atoms with Gasteiger partial charge in [0.05, 0.1) is 5.69 Å². The first-order chi connectivity index (χ1) is 9.06. The van der Waals surface area contributed by atoms with Crippen LogP contribution in [0.15, 0.2) is 53.4 Å². The van der Waals surface area contributed by atoms with Gasteiger partial charge in [-0.1, -0.05) is 42.0 Å². The summed E-state index contributed by atoms with van der Waals surface area (Å²) in [4.78, 5) is 0.290. The standard InChI is InChI=1S/C14H14N2O2S/c1-10-6-8-11(9-7-10)14-15-12-4-2-3-5-13(12)19(17,18)16-14/h2-9,14-16H,1H3/t14-/m0/s1. The van der Waals surface area contributed by atoms with Crippen LogP contribution in [0.4, 0.5) is 5.69 Å². The first-order valence-electron chi connectivity index (χ1n) is 6.01. The zero-order valence-corrected chi connectivity index (χ0v) is 11.2. The number of hydrogen-bond acceptors (Lipinski definition) is 3. The fourth-order valence-electron chi connectivity index (χ4n) is 2.13. The van der Waals surface area contributed by atoms with E-state index in [4.69, 9.17) is 0 Å². The number of rotatable bonds is 1. The van der Waals surface area contributed by atoms with E-state index in [1.165, 1.54) is 0 Å². The second-order valence-electron chi connectivity index (χ2n) is 4.61. The predicted octanol–water partition coefficient (Wildman–Crippen LogP) is 2.40. The molecule has 0 fully saturated rings. The maximum absolute atomic E-state index is 12.2.